The minimum Gasteiger partial charge on any atom is -0.350 e. The van der Waals surface area contributed by atoms with Crippen LogP contribution in [-0.2, 0) is 23.7 Å². The summed E-state index contributed by atoms with van der Waals surface area (Å²) in [6, 6.07) is 10.3. The third-order valence-electron chi connectivity index (χ3n) is 4.29. The molecule has 0 aliphatic carbocycles. The van der Waals surface area contributed by atoms with E-state index in [9.17, 15) is 10.1 Å². The quantitative estimate of drug-likeness (QED) is 0.750. The van der Waals surface area contributed by atoms with Crippen molar-refractivity contribution in [2.75, 3.05) is 5.32 Å². The van der Waals surface area contributed by atoms with E-state index in [-0.39, 0.29) is 17.7 Å². The second-order valence-electron chi connectivity index (χ2n) is 7.22. The van der Waals surface area contributed by atoms with Crippen molar-refractivity contribution in [2.45, 2.75) is 32.6 Å². The minimum absolute atomic E-state index is 0.102. The molecule has 0 bridgehead atoms. The van der Waals surface area contributed by atoms with Crippen LogP contribution in [0.15, 0.2) is 35.8 Å². The van der Waals surface area contributed by atoms with Gasteiger partial charge in [-0.25, -0.2) is 0 Å². The molecule has 0 saturated heterocycles. The van der Waals surface area contributed by atoms with Crippen LogP contribution in [0.5, 0.6) is 0 Å². The van der Waals surface area contributed by atoms with Gasteiger partial charge in [-0.05, 0) is 28.0 Å². The molecule has 5 heteroatoms. The second kappa shape index (κ2) is 6.38. The highest BCUT2D eigenvalue weighted by molar-refractivity contribution is 7.14. The highest BCUT2D eigenvalue weighted by atomic mass is 32.1. The number of anilines is 1. The Balaban J connectivity index is 1.84. The lowest BCUT2D eigenvalue weighted by Crippen LogP contribution is -2.16. The van der Waals surface area contributed by atoms with E-state index >= 15 is 0 Å². The zero-order valence-corrected chi connectivity index (χ0v) is 15.7. The number of aromatic nitrogens is 1. The van der Waals surface area contributed by atoms with E-state index in [1.54, 1.807) is 0 Å². The first-order chi connectivity index (χ1) is 11.8. The van der Waals surface area contributed by atoms with Crippen LogP contribution in [-0.4, -0.2) is 10.5 Å². The smallest absolute Gasteiger partial charge is 0.229 e. The Morgan fingerprint density at radius 1 is 1.32 bits per heavy atom. The fourth-order valence-corrected chi connectivity index (χ4v) is 4.18. The lowest BCUT2D eigenvalue weighted by Gasteiger charge is -2.17. The van der Waals surface area contributed by atoms with Gasteiger partial charge in [0.05, 0.1) is 12.0 Å². The molecule has 2 heterocycles. The fourth-order valence-electron chi connectivity index (χ4n) is 3.02. The first-order valence-corrected chi connectivity index (χ1v) is 9.04. The summed E-state index contributed by atoms with van der Waals surface area (Å²) in [5.74, 6) is -0.102. The third-order valence-corrected chi connectivity index (χ3v) is 5.19. The average molecular weight is 351 g/mol. The van der Waals surface area contributed by atoms with Gasteiger partial charge in [0.25, 0.3) is 0 Å². The number of rotatable bonds is 3. The number of hydrogen-bond donors (Lipinski definition) is 1. The normalized spacial score (nSPS) is 11.5. The highest BCUT2D eigenvalue weighted by Crippen LogP contribution is 2.35. The number of aryl methyl sites for hydroxylation is 1. The van der Waals surface area contributed by atoms with Crippen molar-refractivity contribution in [2.24, 2.45) is 7.05 Å². The summed E-state index contributed by atoms with van der Waals surface area (Å²) in [6.07, 6.45) is 2.28. The molecule has 2 aromatic heterocycles. The molecule has 1 N–H and O–H groups in total. The van der Waals surface area contributed by atoms with E-state index < -0.39 is 0 Å². The molecule has 128 valence electrons. The number of nitrogens with one attached hydrogen (secondary N) is 1. The summed E-state index contributed by atoms with van der Waals surface area (Å²) < 4.78 is 2.03. The molecule has 0 aliphatic heterocycles. The molecule has 0 saturated carbocycles. The molecule has 3 aromatic rings. The number of nitrogens with zero attached hydrogens (tertiary/aromatic N) is 2. The van der Waals surface area contributed by atoms with E-state index in [0.29, 0.717) is 10.6 Å². The van der Waals surface area contributed by atoms with Gasteiger partial charge in [0, 0.05) is 24.1 Å². The molecule has 0 aliphatic rings. The molecule has 3 rings (SSSR count). The Morgan fingerprint density at radius 3 is 2.72 bits per heavy atom. The summed E-state index contributed by atoms with van der Waals surface area (Å²) in [7, 11) is 1.98. The van der Waals surface area contributed by atoms with Crippen LogP contribution in [0.4, 0.5) is 5.00 Å². The molecule has 0 fully saturated rings. The van der Waals surface area contributed by atoms with E-state index in [2.05, 4.69) is 32.2 Å². The largest absolute Gasteiger partial charge is 0.350 e. The van der Waals surface area contributed by atoms with Crippen LogP contribution in [0.2, 0.25) is 0 Å². The molecule has 25 heavy (non-hydrogen) atoms. The summed E-state index contributed by atoms with van der Waals surface area (Å²) in [5, 5.41) is 16.1. The average Bonchev–Trinajstić information content (AvgIpc) is 3.09. The van der Waals surface area contributed by atoms with Crippen molar-refractivity contribution >= 4 is 33.1 Å². The highest BCUT2D eigenvalue weighted by Gasteiger charge is 2.23. The maximum Gasteiger partial charge on any atom is 0.229 e. The molecule has 4 nitrogen and oxygen atoms in total. The number of benzene rings is 1. The van der Waals surface area contributed by atoms with Gasteiger partial charge in [0.15, 0.2) is 0 Å². The van der Waals surface area contributed by atoms with Gasteiger partial charge >= 0.3 is 0 Å². The lowest BCUT2D eigenvalue weighted by atomic mass is 9.86. The Bertz CT molecular complexity index is 983. The molecule has 0 unspecified atom stereocenters. The van der Waals surface area contributed by atoms with E-state index in [0.717, 1.165) is 22.0 Å². The van der Waals surface area contributed by atoms with Crippen molar-refractivity contribution in [1.82, 2.24) is 4.57 Å². The van der Waals surface area contributed by atoms with Gasteiger partial charge in [0.1, 0.15) is 11.1 Å². The maximum atomic E-state index is 12.5. The third kappa shape index (κ3) is 3.31. The number of para-hydroxylation sites is 1. The van der Waals surface area contributed by atoms with Crippen molar-refractivity contribution < 1.29 is 4.79 Å². The standard InChI is InChI=1S/C20H21N3OS/c1-20(2,3)16-12-25-19(15(16)10-21)22-18(24)9-13-11-23(4)17-8-6-5-7-14(13)17/h5-8,11-12H,9H2,1-4H3,(H,22,24). The minimum atomic E-state index is -0.125. The number of fused-ring (bicyclic) bond motifs is 1. The number of hydrogen-bond acceptors (Lipinski definition) is 3. The van der Waals surface area contributed by atoms with E-state index in [1.807, 2.05) is 47.5 Å². The zero-order valence-electron chi connectivity index (χ0n) is 14.9. The van der Waals surface area contributed by atoms with E-state index in [4.69, 9.17) is 0 Å². The predicted molar refractivity (Wildman–Crippen MR) is 103 cm³/mol. The van der Waals surface area contributed by atoms with Crippen molar-refractivity contribution in [3.8, 4) is 6.07 Å². The van der Waals surface area contributed by atoms with E-state index in [1.165, 1.54) is 11.3 Å². The van der Waals surface area contributed by atoms with Gasteiger partial charge < -0.3 is 9.88 Å². The zero-order chi connectivity index (χ0) is 18.2. The first-order valence-electron chi connectivity index (χ1n) is 8.16. The maximum absolute atomic E-state index is 12.5. The molecular weight excluding hydrogens is 330 g/mol. The Labute approximate surface area is 151 Å². The number of carbonyl (C=O) groups is 1. The number of nitriles is 1. The van der Waals surface area contributed by atoms with Crippen LogP contribution in [0.1, 0.15) is 37.5 Å². The molecule has 1 aromatic carbocycles. The van der Waals surface area contributed by atoms with Crippen LogP contribution in [0.3, 0.4) is 0 Å². The summed E-state index contributed by atoms with van der Waals surface area (Å²) in [5.41, 5.74) is 3.51. The first kappa shape index (κ1) is 17.2. The summed E-state index contributed by atoms with van der Waals surface area (Å²) >= 11 is 1.42. The number of thiophene rings is 1. The summed E-state index contributed by atoms with van der Waals surface area (Å²) in [4.78, 5) is 12.5. The Morgan fingerprint density at radius 2 is 2.04 bits per heavy atom. The van der Waals surface area contributed by atoms with Crippen molar-refractivity contribution in [3.63, 3.8) is 0 Å². The SMILES string of the molecule is Cn1cc(CC(=O)Nc2scc(C(C)(C)C)c2C#N)c2ccccc21. The van der Waals surface area contributed by atoms with Gasteiger partial charge in [-0.15, -0.1) is 11.3 Å². The Kier molecular flexibility index (Phi) is 4.40. The van der Waals surface area contributed by atoms with Crippen LogP contribution in [0, 0.1) is 11.3 Å². The van der Waals surface area contributed by atoms with Gasteiger partial charge in [-0.2, -0.15) is 5.26 Å². The molecule has 0 atom stereocenters. The molecule has 1 amide bonds. The monoisotopic (exact) mass is 351 g/mol. The van der Waals surface area contributed by atoms with Crippen molar-refractivity contribution in [3.05, 3.63) is 52.5 Å². The van der Waals surface area contributed by atoms with Crippen LogP contribution < -0.4 is 5.32 Å². The summed E-state index contributed by atoms with van der Waals surface area (Å²) in [6.45, 7) is 6.20. The van der Waals surface area contributed by atoms with Gasteiger partial charge in [-0.3, -0.25) is 4.79 Å². The molecule has 0 radical (unpaired) electrons. The van der Waals surface area contributed by atoms with Gasteiger partial charge in [-0.1, -0.05) is 39.0 Å². The second-order valence-corrected chi connectivity index (χ2v) is 8.10. The van der Waals surface area contributed by atoms with Crippen LogP contribution in [0.25, 0.3) is 10.9 Å². The molecular formula is C20H21N3OS. The molecule has 0 spiro atoms. The van der Waals surface area contributed by atoms with Gasteiger partial charge in [0.2, 0.25) is 5.91 Å². The lowest BCUT2D eigenvalue weighted by molar-refractivity contribution is -0.115. The fraction of sp³-hybridized carbons (Fsp3) is 0.300. The van der Waals surface area contributed by atoms with Crippen LogP contribution >= 0.6 is 11.3 Å². The number of amides is 1. The predicted octanol–water partition coefficient (Wildman–Crippen LogP) is 4.59. The number of carbonyl (C=O) groups excluding carboxylic acids is 1. The van der Waals surface area contributed by atoms with Crippen molar-refractivity contribution in [1.29, 1.82) is 5.26 Å². The Hall–Kier alpha value is -2.58. The topological polar surface area (TPSA) is 57.8 Å².